The van der Waals surface area contributed by atoms with E-state index in [1.807, 2.05) is 24.3 Å². The second-order valence-corrected chi connectivity index (χ2v) is 4.84. The van der Waals surface area contributed by atoms with E-state index in [9.17, 15) is 9.90 Å². The third-order valence-corrected chi connectivity index (χ3v) is 3.87. The Morgan fingerprint density at radius 1 is 1.18 bits per heavy atom. The molecule has 0 bridgehead atoms. The average Bonchev–Trinajstić information content (AvgIpc) is 2.28. The first kappa shape index (κ1) is 10.3. The summed E-state index contributed by atoms with van der Waals surface area (Å²) in [6, 6.07) is 11.3. The van der Waals surface area contributed by atoms with Crippen molar-refractivity contribution in [3.8, 4) is 5.75 Å². The van der Waals surface area contributed by atoms with Gasteiger partial charge in [0.2, 0.25) is 0 Å². The van der Waals surface area contributed by atoms with Crippen molar-refractivity contribution in [2.24, 2.45) is 0 Å². The zero-order valence-electron chi connectivity index (χ0n) is 9.52. The number of rotatable bonds is 2. The Balaban J connectivity index is 2.26. The van der Waals surface area contributed by atoms with Crippen LogP contribution >= 0.6 is 0 Å². The van der Waals surface area contributed by atoms with Gasteiger partial charge in [-0.3, -0.25) is 0 Å². The lowest BCUT2D eigenvalue weighted by Crippen LogP contribution is -2.35. The van der Waals surface area contributed by atoms with Gasteiger partial charge in [0.15, 0.2) is 0 Å². The first-order valence-electron chi connectivity index (χ1n) is 5.94. The fraction of sp³-hybridized carbons (Fsp3) is 0.267. The fourth-order valence-electron chi connectivity index (χ4n) is 2.71. The van der Waals surface area contributed by atoms with Crippen molar-refractivity contribution in [2.75, 3.05) is 0 Å². The molecule has 0 unspecified atom stereocenters. The van der Waals surface area contributed by atoms with Gasteiger partial charge in [-0.1, -0.05) is 30.7 Å². The topological polar surface area (TPSA) is 37.3 Å². The van der Waals surface area contributed by atoms with Crippen molar-refractivity contribution in [3.05, 3.63) is 42.0 Å². The van der Waals surface area contributed by atoms with E-state index in [-0.39, 0.29) is 11.2 Å². The van der Waals surface area contributed by atoms with Gasteiger partial charge >= 0.3 is 0 Å². The summed E-state index contributed by atoms with van der Waals surface area (Å²) >= 11 is 0. The van der Waals surface area contributed by atoms with Crippen LogP contribution in [0.5, 0.6) is 5.75 Å². The average molecular weight is 226 g/mol. The predicted octanol–water partition coefficient (Wildman–Crippen LogP) is 3.17. The molecule has 0 aromatic heterocycles. The maximum atomic E-state index is 11.4. The highest BCUT2D eigenvalue weighted by Crippen LogP contribution is 2.44. The van der Waals surface area contributed by atoms with E-state index in [4.69, 9.17) is 0 Å². The van der Waals surface area contributed by atoms with Crippen molar-refractivity contribution in [2.45, 2.75) is 24.7 Å². The molecule has 1 aliphatic carbocycles. The number of phenols is 1. The van der Waals surface area contributed by atoms with E-state index < -0.39 is 0 Å². The summed E-state index contributed by atoms with van der Waals surface area (Å²) in [6.45, 7) is 0. The highest BCUT2D eigenvalue weighted by Gasteiger charge is 2.39. The van der Waals surface area contributed by atoms with Crippen LogP contribution in [0.15, 0.2) is 36.4 Å². The molecular weight excluding hydrogens is 212 g/mol. The van der Waals surface area contributed by atoms with Crippen molar-refractivity contribution in [3.63, 3.8) is 0 Å². The molecule has 0 heterocycles. The summed E-state index contributed by atoms with van der Waals surface area (Å²) < 4.78 is 0. The molecule has 0 aliphatic heterocycles. The summed E-state index contributed by atoms with van der Waals surface area (Å²) in [5.41, 5.74) is 0.826. The number of hydrogen-bond acceptors (Lipinski definition) is 2. The number of carbonyl (C=O) groups excluding carboxylic acids is 1. The van der Waals surface area contributed by atoms with E-state index >= 15 is 0 Å². The molecule has 1 saturated carbocycles. The van der Waals surface area contributed by atoms with Crippen LogP contribution in [0, 0.1) is 0 Å². The molecule has 2 aromatic rings. The highest BCUT2D eigenvalue weighted by atomic mass is 16.3. The molecule has 0 spiro atoms. The van der Waals surface area contributed by atoms with Crippen LogP contribution < -0.4 is 0 Å². The van der Waals surface area contributed by atoms with Gasteiger partial charge in [-0.2, -0.15) is 0 Å². The Hall–Kier alpha value is -1.83. The molecule has 0 saturated heterocycles. The summed E-state index contributed by atoms with van der Waals surface area (Å²) in [5.74, 6) is 0.267. The number of aldehydes is 1. The minimum Gasteiger partial charge on any atom is -0.508 e. The third-order valence-electron chi connectivity index (χ3n) is 3.87. The van der Waals surface area contributed by atoms with Crippen molar-refractivity contribution in [1.82, 2.24) is 0 Å². The first-order valence-corrected chi connectivity index (χ1v) is 5.94. The van der Waals surface area contributed by atoms with Crippen molar-refractivity contribution >= 4 is 17.1 Å². The Kier molecular flexibility index (Phi) is 2.18. The number of benzene rings is 2. The lowest BCUT2D eigenvalue weighted by Gasteiger charge is -2.38. The summed E-state index contributed by atoms with van der Waals surface area (Å²) in [6.07, 6.45) is 4.10. The highest BCUT2D eigenvalue weighted by molar-refractivity contribution is 5.91. The van der Waals surface area contributed by atoms with Crippen LogP contribution in [-0.4, -0.2) is 11.4 Å². The Bertz CT molecular complexity index is 582. The van der Waals surface area contributed by atoms with Crippen molar-refractivity contribution < 1.29 is 9.90 Å². The molecule has 86 valence electrons. The largest absolute Gasteiger partial charge is 0.508 e. The Morgan fingerprint density at radius 3 is 2.65 bits per heavy atom. The second kappa shape index (κ2) is 3.59. The van der Waals surface area contributed by atoms with Crippen LogP contribution in [-0.2, 0) is 10.2 Å². The maximum absolute atomic E-state index is 11.4. The van der Waals surface area contributed by atoms with E-state index in [1.54, 1.807) is 12.1 Å². The number of aromatic hydroxyl groups is 1. The molecule has 2 aromatic carbocycles. The zero-order chi connectivity index (χ0) is 11.9. The molecule has 17 heavy (non-hydrogen) atoms. The van der Waals surface area contributed by atoms with Crippen LogP contribution in [0.2, 0.25) is 0 Å². The number of phenolic OH excluding ortho intramolecular Hbond substituents is 1. The lowest BCUT2D eigenvalue weighted by molar-refractivity contribution is -0.115. The molecule has 3 rings (SSSR count). The van der Waals surface area contributed by atoms with Gasteiger partial charge in [0.1, 0.15) is 12.0 Å². The smallest absolute Gasteiger partial charge is 0.130 e. The normalized spacial score (nSPS) is 17.6. The van der Waals surface area contributed by atoms with Crippen LogP contribution in [0.25, 0.3) is 10.8 Å². The van der Waals surface area contributed by atoms with Gasteiger partial charge in [0, 0.05) is 0 Å². The second-order valence-electron chi connectivity index (χ2n) is 4.84. The van der Waals surface area contributed by atoms with E-state index in [2.05, 4.69) is 0 Å². The van der Waals surface area contributed by atoms with Crippen LogP contribution in [0.4, 0.5) is 0 Å². The van der Waals surface area contributed by atoms with Crippen LogP contribution in [0.1, 0.15) is 24.8 Å². The SMILES string of the molecule is O=CC1(c2cccc3cc(O)ccc23)CCC1. The number of carbonyl (C=O) groups is 1. The predicted molar refractivity (Wildman–Crippen MR) is 67.2 cm³/mol. The Labute approximate surface area is 99.9 Å². The molecule has 0 amide bonds. The fourth-order valence-corrected chi connectivity index (χ4v) is 2.71. The lowest BCUT2D eigenvalue weighted by atomic mass is 9.64. The molecule has 1 N–H and O–H groups in total. The monoisotopic (exact) mass is 226 g/mol. The molecule has 0 atom stereocenters. The molecule has 1 aliphatic rings. The molecule has 2 nitrogen and oxygen atoms in total. The van der Waals surface area contributed by atoms with E-state index in [0.29, 0.717) is 0 Å². The third kappa shape index (κ3) is 1.44. The standard InChI is InChI=1S/C15H14O2/c16-10-15(7-2-8-15)14-4-1-3-11-9-12(17)5-6-13(11)14/h1,3-6,9-10,17H,2,7-8H2. The van der Waals surface area contributed by atoms with Gasteiger partial charge in [-0.25, -0.2) is 0 Å². The molecule has 1 fully saturated rings. The molecule has 0 radical (unpaired) electrons. The van der Waals surface area contributed by atoms with Crippen LogP contribution in [0.3, 0.4) is 0 Å². The van der Waals surface area contributed by atoms with Gasteiger partial charge in [-0.15, -0.1) is 0 Å². The van der Waals surface area contributed by atoms with Gasteiger partial charge in [0.25, 0.3) is 0 Å². The van der Waals surface area contributed by atoms with E-state index in [1.165, 1.54) is 0 Å². The minimum atomic E-state index is -0.281. The number of fused-ring (bicyclic) bond motifs is 1. The maximum Gasteiger partial charge on any atom is 0.130 e. The molecular formula is C15H14O2. The first-order chi connectivity index (χ1) is 8.25. The van der Waals surface area contributed by atoms with Gasteiger partial charge in [0.05, 0.1) is 5.41 Å². The van der Waals surface area contributed by atoms with Gasteiger partial charge in [-0.05, 0) is 41.3 Å². The van der Waals surface area contributed by atoms with E-state index in [0.717, 1.165) is 41.9 Å². The van der Waals surface area contributed by atoms with Crippen molar-refractivity contribution in [1.29, 1.82) is 0 Å². The number of hydrogen-bond donors (Lipinski definition) is 1. The summed E-state index contributed by atoms with van der Waals surface area (Å²) in [5, 5.41) is 11.6. The minimum absolute atomic E-state index is 0.267. The quantitative estimate of drug-likeness (QED) is 0.798. The summed E-state index contributed by atoms with van der Waals surface area (Å²) in [4.78, 5) is 11.4. The summed E-state index contributed by atoms with van der Waals surface area (Å²) in [7, 11) is 0. The zero-order valence-corrected chi connectivity index (χ0v) is 9.52. The molecule has 2 heteroatoms. The van der Waals surface area contributed by atoms with Gasteiger partial charge < -0.3 is 9.90 Å². The Morgan fingerprint density at radius 2 is 2.00 bits per heavy atom.